The number of halogens is 24. The third kappa shape index (κ3) is 5.49. The Bertz CT molecular complexity index is 1350. The van der Waals surface area contributed by atoms with Gasteiger partial charge in [-0.1, -0.05) is 0 Å². The van der Waals surface area contributed by atoms with Gasteiger partial charge in [0.1, 0.15) is 0 Å². The molecule has 6 nitrogen and oxygen atoms in total. The molecule has 0 aliphatic heterocycles. The summed E-state index contributed by atoms with van der Waals surface area (Å²) >= 11 is 0. The Labute approximate surface area is 261 Å². The van der Waals surface area contributed by atoms with Gasteiger partial charge in [-0.3, -0.25) is 9.11 Å². The van der Waals surface area contributed by atoms with E-state index in [1.54, 1.807) is 0 Å². The zero-order valence-corrected chi connectivity index (χ0v) is 23.0. The van der Waals surface area contributed by atoms with Crippen LogP contribution in [0.25, 0.3) is 0 Å². The predicted octanol–water partition coefficient (Wildman–Crippen LogP) is 6.14. The first-order valence-corrected chi connectivity index (χ1v) is 11.6. The van der Waals surface area contributed by atoms with E-state index in [0.717, 1.165) is 0 Å². The third-order valence-electron chi connectivity index (χ3n) is 4.97. The van der Waals surface area contributed by atoms with Crippen LogP contribution in [0.1, 0.15) is 2.85 Å². The average molecular weight is 804 g/mol. The van der Waals surface area contributed by atoms with Crippen molar-refractivity contribution >= 4 is 58.0 Å². The maximum Gasteiger partial charge on any atom is 2.00 e. The molecule has 0 heterocycles. The minimum absolute atomic E-state index is 0. The number of alkyl halides is 24. The molecule has 0 aromatic carbocycles. The smallest absolute Gasteiger partial charge is 1.00 e. The van der Waals surface area contributed by atoms with Crippen molar-refractivity contribution in [2.75, 3.05) is 0 Å². The summed E-state index contributed by atoms with van der Waals surface area (Å²) in [5, 5.41) is -17.4. The minimum atomic E-state index is -9.89. The zero-order valence-electron chi connectivity index (χ0n) is 21.1. The molecule has 0 amide bonds. The molecule has 0 aromatic heterocycles. The summed E-state index contributed by atoms with van der Waals surface area (Å²) in [7, 11) is -17.5. The monoisotopic (exact) mass is 804 g/mol. The van der Waals surface area contributed by atoms with E-state index < -0.39 is 90.0 Å². The van der Waals surface area contributed by atoms with E-state index in [1.807, 2.05) is 0 Å². The maximum absolute atomic E-state index is 14.2. The van der Waals surface area contributed by atoms with Gasteiger partial charge in [0.25, 0.3) is 0 Å². The van der Waals surface area contributed by atoms with Crippen LogP contribution in [0.3, 0.4) is 0 Å². The van der Waals surface area contributed by atoms with E-state index in [0.29, 0.717) is 0 Å². The molecule has 270 valence electrons. The fraction of sp³-hybridized carbons (Fsp3) is 1.00. The standard InChI is InChI=1S/C12H2F24O6S2.Ca.2H/c13-1(14,3(17,18)5(21,22)7(25,26)9(29,30)11(32,33)34)2(15,16)4(19,20)6(23,24)8(27,28)10(31,43(37,38)39)12(35,36)44(40,41)42;;;/h(H,37,38,39)(H,40,41,42);;;/q;+2;2*-1. The van der Waals surface area contributed by atoms with Crippen LogP contribution in [-0.4, -0.2) is 133 Å². The summed E-state index contributed by atoms with van der Waals surface area (Å²) in [4.78, 5) is 0. The largest absolute Gasteiger partial charge is 2.00 e. The van der Waals surface area contributed by atoms with E-state index >= 15 is 0 Å². The van der Waals surface area contributed by atoms with Gasteiger partial charge in [-0.2, -0.15) is 118 Å². The molecule has 0 rings (SSSR count). The average Bonchev–Trinajstić information content (AvgIpc) is 2.74. The molecule has 0 saturated carbocycles. The summed E-state index contributed by atoms with van der Waals surface area (Å²) < 4.78 is 378. The zero-order chi connectivity index (χ0) is 37.0. The Hall–Kier alpha value is -0.600. The molecule has 0 fully saturated rings. The van der Waals surface area contributed by atoms with E-state index in [1.165, 1.54) is 0 Å². The van der Waals surface area contributed by atoms with Gasteiger partial charge < -0.3 is 2.85 Å². The SMILES string of the molecule is O=S(=O)(O)C(F)(F)C(F)(C(F)(F)C(F)(F)C(F)(F)C(F)(F)C(F)(F)C(F)(F)C(F)(F)C(F)(F)C(F)(F)C(F)(F)F)S(=O)(=O)O.[Ca+2].[H-].[H-]. The molecule has 2 N–H and O–H groups in total. The molecule has 0 spiro atoms. The Morgan fingerprint density at radius 2 is 0.511 bits per heavy atom. The quantitative estimate of drug-likeness (QED) is 0.140. The van der Waals surface area contributed by atoms with Crippen LogP contribution >= 0.6 is 0 Å². The molecule has 45 heavy (non-hydrogen) atoms. The third-order valence-corrected chi connectivity index (χ3v) is 7.25. The molecule has 0 aromatic rings. The first kappa shape index (κ1) is 46.5. The second-order valence-corrected chi connectivity index (χ2v) is 10.7. The Kier molecular flexibility index (Phi) is 11.6. The van der Waals surface area contributed by atoms with Crippen LogP contribution in [-0.2, 0) is 20.2 Å². The molecule has 0 aliphatic carbocycles. The normalized spacial score (nSPS) is 17.9. The van der Waals surface area contributed by atoms with Crippen molar-refractivity contribution in [1.82, 2.24) is 0 Å². The second kappa shape index (κ2) is 11.2. The van der Waals surface area contributed by atoms with Gasteiger partial charge in [0.05, 0.1) is 0 Å². The maximum atomic E-state index is 14.2. The molecule has 0 bridgehead atoms. The summed E-state index contributed by atoms with van der Waals surface area (Å²) in [6.45, 7) is 0. The number of hydrogen-bond acceptors (Lipinski definition) is 4. The van der Waals surface area contributed by atoms with Crippen molar-refractivity contribution in [3.8, 4) is 0 Å². The van der Waals surface area contributed by atoms with Crippen molar-refractivity contribution in [1.29, 1.82) is 0 Å². The van der Waals surface area contributed by atoms with Crippen LogP contribution in [0.15, 0.2) is 0 Å². The van der Waals surface area contributed by atoms with Crippen LogP contribution in [0.4, 0.5) is 105 Å². The van der Waals surface area contributed by atoms with E-state index in [9.17, 15) is 122 Å². The molecule has 0 saturated heterocycles. The number of hydrogen-bond donors (Lipinski definition) is 2. The van der Waals surface area contributed by atoms with Gasteiger partial charge in [0.15, 0.2) is 0 Å². The molecular weight excluding hydrogens is 800 g/mol. The van der Waals surface area contributed by atoms with Crippen molar-refractivity contribution in [3.05, 3.63) is 0 Å². The van der Waals surface area contributed by atoms with Gasteiger partial charge >= 0.3 is 128 Å². The van der Waals surface area contributed by atoms with Crippen LogP contribution < -0.4 is 0 Å². The molecule has 0 aliphatic rings. The van der Waals surface area contributed by atoms with Gasteiger partial charge in [-0.05, 0) is 0 Å². The summed E-state index contributed by atoms with van der Waals surface area (Å²) in [5.74, 6) is -86.2. The molecule has 33 heteroatoms. The Balaban J connectivity index is -0.00000308. The second-order valence-electron chi connectivity index (χ2n) is 7.73. The topological polar surface area (TPSA) is 109 Å². The fourth-order valence-electron chi connectivity index (χ4n) is 2.42. The van der Waals surface area contributed by atoms with Crippen molar-refractivity contribution in [3.63, 3.8) is 0 Å². The first-order valence-electron chi connectivity index (χ1n) is 8.73. The van der Waals surface area contributed by atoms with Gasteiger partial charge in [0, 0.05) is 0 Å². The fourth-order valence-corrected chi connectivity index (χ4v) is 4.27. The van der Waals surface area contributed by atoms with Crippen LogP contribution in [0.2, 0.25) is 0 Å². The van der Waals surface area contributed by atoms with Crippen LogP contribution in [0, 0.1) is 0 Å². The van der Waals surface area contributed by atoms with Gasteiger partial charge in [0.2, 0.25) is 0 Å². The molecule has 1 atom stereocenters. The predicted molar refractivity (Wildman–Crippen MR) is 90.4 cm³/mol. The summed E-state index contributed by atoms with van der Waals surface area (Å²) in [5.41, 5.74) is 0. The Morgan fingerprint density at radius 1 is 0.333 bits per heavy atom. The molecule has 1 unspecified atom stereocenters. The van der Waals surface area contributed by atoms with E-state index in [-0.39, 0.29) is 40.6 Å². The van der Waals surface area contributed by atoms with Crippen molar-refractivity contribution in [2.45, 2.75) is 69.7 Å². The number of rotatable bonds is 12. The van der Waals surface area contributed by atoms with Crippen molar-refractivity contribution < 1.29 is 134 Å². The van der Waals surface area contributed by atoms with Gasteiger partial charge in [-0.15, -0.1) is 0 Å². The van der Waals surface area contributed by atoms with Crippen molar-refractivity contribution in [2.24, 2.45) is 0 Å². The molecule has 0 radical (unpaired) electrons. The van der Waals surface area contributed by atoms with Gasteiger partial charge in [-0.25, -0.2) is 4.39 Å². The summed E-state index contributed by atoms with van der Waals surface area (Å²) in [6, 6.07) is 0. The molecular formula is C12H4CaF24O6S2. The van der Waals surface area contributed by atoms with E-state index in [4.69, 9.17) is 9.11 Å². The minimum Gasteiger partial charge on any atom is -1.00 e. The Morgan fingerprint density at radius 3 is 0.667 bits per heavy atom. The first-order chi connectivity index (χ1) is 18.2. The summed E-state index contributed by atoms with van der Waals surface area (Å²) in [6.07, 6.45) is -8.27. The van der Waals surface area contributed by atoms with Crippen LogP contribution in [0.5, 0.6) is 0 Å². The van der Waals surface area contributed by atoms with E-state index in [2.05, 4.69) is 0 Å².